The van der Waals surface area contributed by atoms with E-state index in [0.717, 1.165) is 11.3 Å². The Morgan fingerprint density at radius 1 is 0.966 bits per heavy atom. The van der Waals surface area contributed by atoms with Gasteiger partial charge in [-0.3, -0.25) is 14.6 Å². The summed E-state index contributed by atoms with van der Waals surface area (Å²) in [5, 5.41) is 0. The summed E-state index contributed by atoms with van der Waals surface area (Å²) in [5.74, 6) is -0.416. The van der Waals surface area contributed by atoms with E-state index in [1.54, 1.807) is 24.0 Å². The molecule has 2 aliphatic heterocycles. The Kier molecular flexibility index (Phi) is 5.24. The van der Waals surface area contributed by atoms with E-state index in [4.69, 9.17) is 0 Å². The van der Waals surface area contributed by atoms with Gasteiger partial charge in [0.25, 0.3) is 5.91 Å². The number of anilines is 2. The molecule has 7 heteroatoms. The Hall–Kier alpha value is -2.93. The zero-order valence-corrected chi connectivity index (χ0v) is 16.7. The van der Waals surface area contributed by atoms with Crippen LogP contribution in [-0.4, -0.2) is 60.6 Å². The maximum absolute atomic E-state index is 14.0. The Morgan fingerprint density at radius 2 is 1.62 bits per heavy atom. The first-order chi connectivity index (χ1) is 14.0. The Labute approximate surface area is 170 Å². The lowest BCUT2D eigenvalue weighted by molar-refractivity contribution is -0.128. The minimum Gasteiger partial charge on any atom is -0.367 e. The number of amides is 3. The van der Waals surface area contributed by atoms with E-state index in [1.807, 2.05) is 42.2 Å². The van der Waals surface area contributed by atoms with Crippen molar-refractivity contribution in [1.82, 2.24) is 9.80 Å². The predicted molar refractivity (Wildman–Crippen MR) is 110 cm³/mol. The molecule has 2 aromatic carbocycles. The van der Waals surface area contributed by atoms with Gasteiger partial charge in [0.05, 0.1) is 12.4 Å². The molecule has 0 saturated carbocycles. The Bertz CT molecular complexity index is 909. The first-order valence-corrected chi connectivity index (χ1v) is 9.89. The van der Waals surface area contributed by atoms with Crippen LogP contribution in [0.25, 0.3) is 0 Å². The molecule has 6 nitrogen and oxygen atoms in total. The van der Waals surface area contributed by atoms with Crippen molar-refractivity contribution >= 4 is 23.3 Å². The van der Waals surface area contributed by atoms with Crippen LogP contribution < -0.4 is 9.80 Å². The monoisotopic (exact) mass is 396 g/mol. The topological polar surface area (TPSA) is 47.1 Å². The fourth-order valence-electron chi connectivity index (χ4n) is 3.93. The molecule has 3 amide bonds. The predicted octanol–water partition coefficient (Wildman–Crippen LogP) is 3.07. The number of rotatable bonds is 4. The second kappa shape index (κ2) is 7.83. The van der Waals surface area contributed by atoms with Gasteiger partial charge in [0.15, 0.2) is 0 Å². The molecule has 1 atom stereocenters. The number of aryl methyl sites for hydroxylation is 1. The molecule has 0 N–H and O–H groups in total. The second-order valence-corrected chi connectivity index (χ2v) is 7.63. The Morgan fingerprint density at radius 3 is 2.28 bits per heavy atom. The molecule has 0 spiro atoms. The van der Waals surface area contributed by atoms with Crippen LogP contribution in [0.2, 0.25) is 0 Å². The number of halogens is 1. The van der Waals surface area contributed by atoms with E-state index >= 15 is 0 Å². The molecule has 2 aromatic rings. The number of carbonyl (C=O) groups is 2. The number of carbonyl (C=O) groups excluding carboxylic acids is 2. The fourth-order valence-corrected chi connectivity index (χ4v) is 3.93. The maximum atomic E-state index is 14.0. The van der Waals surface area contributed by atoms with Crippen LogP contribution in [0.15, 0.2) is 48.5 Å². The van der Waals surface area contributed by atoms with Crippen molar-refractivity contribution in [1.29, 1.82) is 0 Å². The van der Waals surface area contributed by atoms with E-state index in [0.29, 0.717) is 31.9 Å². The van der Waals surface area contributed by atoms with Crippen molar-refractivity contribution < 1.29 is 14.0 Å². The first-order valence-electron chi connectivity index (χ1n) is 9.89. The van der Waals surface area contributed by atoms with Crippen LogP contribution >= 0.6 is 0 Å². The van der Waals surface area contributed by atoms with E-state index in [9.17, 15) is 14.0 Å². The molecule has 4 rings (SSSR count). The third-order valence-electron chi connectivity index (χ3n) is 5.67. The highest BCUT2D eigenvalue weighted by molar-refractivity contribution is 6.14. The molecule has 152 valence electrons. The van der Waals surface area contributed by atoms with Crippen LogP contribution in [0.5, 0.6) is 0 Å². The van der Waals surface area contributed by atoms with Gasteiger partial charge in [0.1, 0.15) is 11.9 Å². The molecule has 2 aliphatic rings. The lowest BCUT2D eigenvalue weighted by Gasteiger charge is -2.37. The molecule has 0 radical (unpaired) electrons. The van der Waals surface area contributed by atoms with Crippen LogP contribution in [0.1, 0.15) is 12.5 Å². The summed E-state index contributed by atoms with van der Waals surface area (Å²) in [6.07, 6.45) is 0. The van der Waals surface area contributed by atoms with Gasteiger partial charge in [-0.1, -0.05) is 29.8 Å². The summed E-state index contributed by atoms with van der Waals surface area (Å²) in [6, 6.07) is 13.5. The van der Waals surface area contributed by atoms with Gasteiger partial charge in [-0.15, -0.1) is 0 Å². The van der Waals surface area contributed by atoms with E-state index in [1.165, 1.54) is 11.0 Å². The smallest absolute Gasteiger partial charge is 0.333 e. The summed E-state index contributed by atoms with van der Waals surface area (Å²) in [6.45, 7) is 6.61. The maximum Gasteiger partial charge on any atom is 0.333 e. The summed E-state index contributed by atoms with van der Waals surface area (Å²) in [5.41, 5.74) is 2.43. The number of imide groups is 1. The number of para-hydroxylation sites is 1. The number of hydrogen-bond acceptors (Lipinski definition) is 4. The lowest BCUT2D eigenvalue weighted by Crippen LogP contribution is -2.51. The van der Waals surface area contributed by atoms with E-state index in [2.05, 4.69) is 4.90 Å². The normalized spacial score (nSPS) is 20.7. The molecular formula is C22H25FN4O2. The number of nitrogens with zero attached hydrogens (tertiary/aromatic N) is 4. The van der Waals surface area contributed by atoms with Gasteiger partial charge in [0.2, 0.25) is 0 Å². The zero-order chi connectivity index (χ0) is 20.5. The van der Waals surface area contributed by atoms with Crippen molar-refractivity contribution in [3.8, 4) is 0 Å². The van der Waals surface area contributed by atoms with Gasteiger partial charge in [-0.2, -0.15) is 0 Å². The van der Waals surface area contributed by atoms with Crippen molar-refractivity contribution in [3.05, 3.63) is 59.9 Å². The highest BCUT2D eigenvalue weighted by atomic mass is 19.1. The number of hydrogen-bond donors (Lipinski definition) is 0. The molecule has 2 heterocycles. The summed E-state index contributed by atoms with van der Waals surface area (Å²) in [4.78, 5) is 32.7. The summed E-state index contributed by atoms with van der Waals surface area (Å²) < 4.78 is 14.0. The fraction of sp³-hybridized carbons (Fsp3) is 0.364. The van der Waals surface area contributed by atoms with Gasteiger partial charge in [-0.25, -0.2) is 14.1 Å². The summed E-state index contributed by atoms with van der Waals surface area (Å²) >= 11 is 0. The molecule has 2 saturated heterocycles. The molecule has 0 aliphatic carbocycles. The van der Waals surface area contributed by atoms with E-state index in [-0.39, 0.29) is 24.4 Å². The largest absolute Gasteiger partial charge is 0.367 e. The SMILES string of the molecule is Cc1ccc(N2C(=O)N(CN3CCN(c4ccccc4F)CC3)C(=O)[C@H]2C)cc1. The Balaban J connectivity index is 1.41. The molecule has 0 unspecified atom stereocenters. The van der Waals surface area contributed by atoms with Gasteiger partial charge in [-0.05, 0) is 38.1 Å². The molecular weight excluding hydrogens is 371 g/mol. The minimum atomic E-state index is -0.523. The van der Waals surface area contributed by atoms with E-state index < -0.39 is 6.04 Å². The first kappa shape index (κ1) is 19.4. The van der Waals surface area contributed by atoms with Crippen molar-refractivity contribution in [3.63, 3.8) is 0 Å². The van der Waals surface area contributed by atoms with Gasteiger partial charge in [0, 0.05) is 31.9 Å². The van der Waals surface area contributed by atoms with Crippen LogP contribution in [-0.2, 0) is 4.79 Å². The molecule has 0 bridgehead atoms. The quantitative estimate of drug-likeness (QED) is 0.746. The number of piperazine rings is 1. The molecule has 2 fully saturated rings. The average molecular weight is 396 g/mol. The van der Waals surface area contributed by atoms with Crippen LogP contribution in [0.4, 0.5) is 20.6 Å². The number of urea groups is 1. The highest BCUT2D eigenvalue weighted by Gasteiger charge is 2.44. The van der Waals surface area contributed by atoms with Gasteiger partial charge < -0.3 is 4.90 Å². The van der Waals surface area contributed by atoms with Gasteiger partial charge >= 0.3 is 6.03 Å². The van der Waals surface area contributed by atoms with Crippen molar-refractivity contribution in [2.24, 2.45) is 0 Å². The number of benzene rings is 2. The third kappa shape index (κ3) is 3.70. The average Bonchev–Trinajstić information content (AvgIpc) is 2.93. The summed E-state index contributed by atoms with van der Waals surface area (Å²) in [7, 11) is 0. The van der Waals surface area contributed by atoms with Crippen LogP contribution in [0, 0.1) is 12.7 Å². The molecule has 29 heavy (non-hydrogen) atoms. The lowest BCUT2D eigenvalue weighted by atomic mass is 10.2. The van der Waals surface area contributed by atoms with Crippen molar-refractivity contribution in [2.45, 2.75) is 19.9 Å². The third-order valence-corrected chi connectivity index (χ3v) is 5.67. The second-order valence-electron chi connectivity index (χ2n) is 7.63. The molecule has 0 aromatic heterocycles. The van der Waals surface area contributed by atoms with Crippen LogP contribution in [0.3, 0.4) is 0 Å². The minimum absolute atomic E-state index is 0.188. The highest BCUT2D eigenvalue weighted by Crippen LogP contribution is 2.27. The van der Waals surface area contributed by atoms with Crippen molar-refractivity contribution in [2.75, 3.05) is 42.6 Å². The zero-order valence-electron chi connectivity index (χ0n) is 16.7. The standard InChI is InChI=1S/C22H25FN4O2/c1-16-7-9-18(10-8-16)27-17(2)21(28)26(22(27)29)15-24-11-13-25(14-12-24)20-6-4-3-5-19(20)23/h3-10,17H,11-15H2,1-2H3/t17-/m1/s1.